The predicted octanol–water partition coefficient (Wildman–Crippen LogP) is 4.85. The van der Waals surface area contributed by atoms with Crippen LogP contribution in [0.25, 0.3) is 0 Å². The Morgan fingerprint density at radius 2 is 1.05 bits per heavy atom. The highest BCUT2D eigenvalue weighted by molar-refractivity contribution is 6.03. The molecule has 2 fully saturated rings. The second-order valence-electron chi connectivity index (χ2n) is 15.7. The van der Waals surface area contributed by atoms with Gasteiger partial charge in [0.2, 0.25) is 11.8 Å². The van der Waals surface area contributed by atoms with E-state index in [1.165, 1.54) is 0 Å². The Bertz CT molecular complexity index is 2070. The number of aromatic nitrogens is 8. The first kappa shape index (κ1) is 42.7. The molecule has 4 aliphatic rings. The van der Waals surface area contributed by atoms with Crippen LogP contribution in [-0.2, 0) is 57.3 Å². The van der Waals surface area contributed by atoms with Gasteiger partial charge in [0.25, 0.3) is 0 Å². The highest BCUT2D eigenvalue weighted by atomic mass is 19.4. The smallest absolute Gasteiger partial charge is 0.376 e. The molecule has 2 amide bonds. The number of anilines is 4. The molecule has 6 atom stereocenters. The molecule has 22 heteroatoms. The first-order chi connectivity index (χ1) is 28.3. The number of nitrogens with one attached hydrogen (secondary N) is 2. The van der Waals surface area contributed by atoms with Crippen molar-refractivity contribution in [2.24, 2.45) is 11.8 Å². The molecule has 0 unspecified atom stereocenters. The minimum absolute atomic E-state index is 0.0503. The third-order valence-corrected chi connectivity index (χ3v) is 11.4. The van der Waals surface area contributed by atoms with Gasteiger partial charge in [0.15, 0.2) is 11.6 Å². The van der Waals surface area contributed by atoms with Gasteiger partial charge in [0.1, 0.15) is 46.5 Å². The summed E-state index contributed by atoms with van der Waals surface area (Å²) in [5.41, 5.74) is 1.05. The highest BCUT2D eigenvalue weighted by Gasteiger charge is 2.39. The third kappa shape index (κ3) is 9.03. The summed E-state index contributed by atoms with van der Waals surface area (Å²) in [6.07, 6.45) is -5.00. The molecule has 0 radical (unpaired) electrons. The van der Waals surface area contributed by atoms with E-state index in [2.05, 4.69) is 40.8 Å². The number of nitrogens with zero attached hydrogens (tertiary/aromatic N) is 10. The summed E-state index contributed by atoms with van der Waals surface area (Å²) in [7, 11) is 3.63. The van der Waals surface area contributed by atoms with Crippen LogP contribution >= 0.6 is 0 Å². The lowest BCUT2D eigenvalue weighted by Crippen LogP contribution is -2.45. The molecule has 2 N–H and O–H groups in total. The van der Waals surface area contributed by atoms with Gasteiger partial charge >= 0.3 is 12.4 Å². The van der Waals surface area contributed by atoms with Crippen LogP contribution in [0.2, 0.25) is 0 Å². The third-order valence-electron chi connectivity index (χ3n) is 11.4. The second-order valence-corrected chi connectivity index (χ2v) is 15.7. The Kier molecular flexibility index (Phi) is 11.8. The Labute approximate surface area is 341 Å². The zero-order valence-electron chi connectivity index (χ0n) is 33.8. The minimum atomic E-state index is -4.44. The van der Waals surface area contributed by atoms with Crippen molar-refractivity contribution in [3.8, 4) is 0 Å². The number of likely N-dealkylation sites (N-methyl/N-ethyl adjacent to an activating group) is 2. The van der Waals surface area contributed by atoms with Crippen LogP contribution in [0.4, 0.5) is 49.4 Å². The van der Waals surface area contributed by atoms with E-state index in [1.54, 1.807) is 13.8 Å². The van der Waals surface area contributed by atoms with Gasteiger partial charge in [-0.3, -0.25) is 19.0 Å². The number of rotatable bonds is 8. The summed E-state index contributed by atoms with van der Waals surface area (Å²) in [5.74, 6) is 2.59. The molecule has 4 aromatic rings. The van der Waals surface area contributed by atoms with Gasteiger partial charge in [0, 0.05) is 39.3 Å². The number of carbonyl (C=O) groups is 2. The number of amides is 2. The molecule has 8 rings (SSSR count). The minimum Gasteiger partial charge on any atom is -0.376 e. The zero-order valence-corrected chi connectivity index (χ0v) is 33.8. The van der Waals surface area contributed by atoms with Crippen molar-refractivity contribution in [1.29, 1.82) is 0 Å². The molecule has 4 aromatic heterocycles. The zero-order chi connectivity index (χ0) is 43.3. The van der Waals surface area contributed by atoms with E-state index < -0.39 is 23.7 Å². The molecular formula is C38H46F6N12O4. The fraction of sp³-hybridized carbons (Fsp3) is 0.579. The summed E-state index contributed by atoms with van der Waals surface area (Å²) < 4.78 is 91.5. The normalized spacial score (nSPS) is 24.1. The molecular weight excluding hydrogens is 802 g/mol. The van der Waals surface area contributed by atoms with Crippen molar-refractivity contribution in [2.75, 3.05) is 47.7 Å². The Balaban J connectivity index is 0.000000181. The van der Waals surface area contributed by atoms with Crippen molar-refractivity contribution in [2.45, 2.75) is 103 Å². The van der Waals surface area contributed by atoms with Gasteiger partial charge < -0.3 is 29.9 Å². The molecule has 324 valence electrons. The number of aryl methyl sites for hydroxylation is 2. The van der Waals surface area contributed by atoms with Gasteiger partial charge in [0.05, 0.1) is 49.9 Å². The molecule has 8 heterocycles. The van der Waals surface area contributed by atoms with Gasteiger partial charge in [-0.05, 0) is 64.5 Å². The maximum Gasteiger partial charge on any atom is 0.433 e. The number of ether oxygens (including phenoxy) is 2. The molecule has 16 nitrogen and oxygen atoms in total. The Hall–Kier alpha value is -5.38. The Morgan fingerprint density at radius 1 is 0.667 bits per heavy atom. The van der Waals surface area contributed by atoms with Crippen LogP contribution in [0.15, 0.2) is 24.5 Å². The quantitative estimate of drug-likeness (QED) is 0.232. The molecule has 0 aliphatic carbocycles. The first-order valence-corrected chi connectivity index (χ1v) is 19.5. The lowest BCUT2D eigenvalue weighted by molar-refractivity contribution is -0.145. The number of alkyl halides is 6. The van der Waals surface area contributed by atoms with E-state index in [1.807, 2.05) is 37.7 Å². The largest absolute Gasteiger partial charge is 0.433 e. The number of halogens is 6. The predicted molar refractivity (Wildman–Crippen MR) is 204 cm³/mol. The van der Waals surface area contributed by atoms with Gasteiger partial charge in [-0.25, -0.2) is 19.9 Å². The van der Waals surface area contributed by atoms with E-state index in [0.717, 1.165) is 33.9 Å². The summed E-state index contributed by atoms with van der Waals surface area (Å²) in [5, 5.41) is 13.3. The molecule has 0 spiro atoms. The van der Waals surface area contributed by atoms with Crippen LogP contribution in [0.3, 0.4) is 0 Å². The average molecular weight is 849 g/mol. The van der Waals surface area contributed by atoms with Crippen molar-refractivity contribution < 1.29 is 45.4 Å². The standard InChI is InChI=1S/2C19H23F3N6O2/c2*1-10-16-17(27(3)11(2)18(29)26-16)25-15(24-10)7-12-6-13(30-9-12)8-28-14(4-5-23-28)19(20,21)22/h2*4-5,11-13H,6-9H2,1-3H3,(H,26,29)/t11-,12+,13-;11-,12-,13+/m00/s1. The van der Waals surface area contributed by atoms with Crippen molar-refractivity contribution in [3.63, 3.8) is 0 Å². The molecule has 0 saturated carbocycles. The van der Waals surface area contributed by atoms with Gasteiger partial charge in [-0.2, -0.15) is 36.5 Å². The van der Waals surface area contributed by atoms with Crippen molar-refractivity contribution in [1.82, 2.24) is 39.5 Å². The number of carbonyl (C=O) groups excluding carboxylic acids is 2. The number of hydrogen-bond donors (Lipinski definition) is 2. The van der Waals surface area contributed by atoms with Crippen LogP contribution in [0, 0.1) is 25.7 Å². The number of fused-ring (bicyclic) bond motifs is 2. The van der Waals surface area contributed by atoms with Crippen molar-refractivity contribution in [3.05, 3.63) is 59.0 Å². The summed E-state index contributed by atoms with van der Waals surface area (Å²) in [4.78, 5) is 46.0. The molecule has 2 saturated heterocycles. The summed E-state index contributed by atoms with van der Waals surface area (Å²) >= 11 is 0. The second kappa shape index (κ2) is 16.6. The summed E-state index contributed by atoms with van der Waals surface area (Å²) in [6, 6.07) is 1.25. The first-order valence-electron chi connectivity index (χ1n) is 19.5. The average Bonchev–Trinajstić information content (AvgIpc) is 4.01. The fourth-order valence-electron chi connectivity index (χ4n) is 7.83. The molecule has 0 bridgehead atoms. The van der Waals surface area contributed by atoms with Crippen LogP contribution < -0.4 is 20.4 Å². The van der Waals surface area contributed by atoms with E-state index >= 15 is 0 Å². The maximum atomic E-state index is 13.0. The fourth-order valence-corrected chi connectivity index (χ4v) is 7.83. The van der Waals surface area contributed by atoms with Crippen molar-refractivity contribution >= 4 is 34.8 Å². The van der Waals surface area contributed by atoms with Crippen LogP contribution in [0.1, 0.15) is 61.1 Å². The number of hydrogen-bond acceptors (Lipinski definition) is 12. The van der Waals surface area contributed by atoms with E-state index in [9.17, 15) is 35.9 Å². The summed E-state index contributed by atoms with van der Waals surface area (Å²) in [6.45, 7) is 8.19. The molecule has 60 heavy (non-hydrogen) atoms. The maximum absolute atomic E-state index is 13.0. The van der Waals surface area contributed by atoms with Gasteiger partial charge in [-0.15, -0.1) is 0 Å². The molecule has 4 aliphatic heterocycles. The van der Waals surface area contributed by atoms with Gasteiger partial charge in [-0.1, -0.05) is 0 Å². The lowest BCUT2D eigenvalue weighted by atomic mass is 10.0. The molecule has 0 aromatic carbocycles. The van der Waals surface area contributed by atoms with Crippen LogP contribution in [-0.4, -0.2) is 103 Å². The lowest BCUT2D eigenvalue weighted by Gasteiger charge is -2.32. The SMILES string of the molecule is Cc1nc(C[C@@H]2CO[C@H](Cn3nccc3C(F)(F)F)C2)nc2c1NC(=O)[C@H](C)N2C.Cc1nc(C[C@H]2CO[C@@H](Cn3nccc3C(F)(F)F)C2)nc2c1NC(=O)[C@H](C)N2C. The Morgan fingerprint density at radius 3 is 1.42 bits per heavy atom. The van der Waals surface area contributed by atoms with E-state index in [0.29, 0.717) is 84.9 Å². The van der Waals surface area contributed by atoms with E-state index in [-0.39, 0.29) is 61.0 Å². The highest BCUT2D eigenvalue weighted by Crippen LogP contribution is 2.36. The monoisotopic (exact) mass is 848 g/mol. The topological polar surface area (TPSA) is 170 Å². The van der Waals surface area contributed by atoms with Crippen LogP contribution in [0.5, 0.6) is 0 Å². The van der Waals surface area contributed by atoms with E-state index in [4.69, 9.17) is 9.47 Å².